The van der Waals surface area contributed by atoms with Crippen LogP contribution in [-0.4, -0.2) is 31.5 Å². The maximum Gasteiger partial charge on any atom is 0.340 e. The number of halogens is 1. The molecule has 1 aliphatic heterocycles. The molecule has 0 aliphatic carbocycles. The van der Waals surface area contributed by atoms with Gasteiger partial charge in [-0.1, -0.05) is 30.3 Å². The Hall–Kier alpha value is -1.46. The van der Waals surface area contributed by atoms with Crippen molar-refractivity contribution in [1.82, 2.24) is 5.32 Å². The highest BCUT2D eigenvalue weighted by molar-refractivity contribution is 5.75. The van der Waals surface area contributed by atoms with Crippen LogP contribution in [0.4, 0.5) is 4.39 Å². The first-order valence-electron chi connectivity index (χ1n) is 5.40. The predicted molar refractivity (Wildman–Crippen MR) is 57.9 cm³/mol. The van der Waals surface area contributed by atoms with E-state index in [0.29, 0.717) is 0 Å². The molecule has 1 fully saturated rings. The summed E-state index contributed by atoms with van der Waals surface area (Å²) in [7, 11) is 0. The van der Waals surface area contributed by atoms with Gasteiger partial charge >= 0.3 is 5.97 Å². The highest BCUT2D eigenvalue weighted by Crippen LogP contribution is 2.11. The smallest absolute Gasteiger partial charge is 0.340 e. The van der Waals surface area contributed by atoms with Gasteiger partial charge in [-0.3, -0.25) is 0 Å². The fourth-order valence-electron chi connectivity index (χ4n) is 1.52. The van der Waals surface area contributed by atoms with Gasteiger partial charge in [-0.25, -0.2) is 14.5 Å². The molecule has 0 amide bonds. The lowest BCUT2D eigenvalue weighted by molar-refractivity contribution is -0.168. The van der Waals surface area contributed by atoms with Crippen molar-refractivity contribution in [3.8, 4) is 0 Å². The van der Waals surface area contributed by atoms with Crippen LogP contribution in [0, 0.1) is 0 Å². The van der Waals surface area contributed by atoms with Crippen LogP contribution in [0.1, 0.15) is 5.56 Å². The molecule has 4 nitrogen and oxygen atoms in total. The Morgan fingerprint density at radius 2 is 2.24 bits per heavy atom. The van der Waals surface area contributed by atoms with E-state index in [9.17, 15) is 9.18 Å². The van der Waals surface area contributed by atoms with E-state index in [1.54, 1.807) is 0 Å². The van der Waals surface area contributed by atoms with Crippen molar-refractivity contribution in [3.05, 3.63) is 35.9 Å². The van der Waals surface area contributed by atoms with Gasteiger partial charge in [-0.15, -0.1) is 0 Å². The Kier molecular flexibility index (Phi) is 4.06. The number of rotatable bonds is 3. The minimum absolute atomic E-state index is 0.117. The molecule has 0 spiro atoms. The molecule has 0 saturated carbocycles. The van der Waals surface area contributed by atoms with E-state index in [4.69, 9.17) is 9.47 Å². The second-order valence-electron chi connectivity index (χ2n) is 3.66. The van der Waals surface area contributed by atoms with Crippen molar-refractivity contribution in [1.29, 1.82) is 0 Å². The number of hydrogen-bond donors (Lipinski definition) is 0. The largest absolute Gasteiger partial charge is 0.459 e. The summed E-state index contributed by atoms with van der Waals surface area (Å²) in [6.07, 6.45) is -2.83. The fraction of sp³-hybridized carbons (Fsp3) is 0.417. The van der Waals surface area contributed by atoms with Crippen LogP contribution in [0.5, 0.6) is 0 Å². The van der Waals surface area contributed by atoms with E-state index in [1.807, 2.05) is 30.3 Å². The number of carbonyl (C=O) groups excluding carboxylic acids is 1. The summed E-state index contributed by atoms with van der Waals surface area (Å²) in [5, 5.41) is 3.59. The topological polar surface area (TPSA) is 49.6 Å². The van der Waals surface area contributed by atoms with Crippen LogP contribution < -0.4 is 5.32 Å². The average Bonchev–Trinajstić information content (AvgIpc) is 2.38. The van der Waals surface area contributed by atoms with E-state index >= 15 is 0 Å². The summed E-state index contributed by atoms with van der Waals surface area (Å²) < 4.78 is 23.2. The van der Waals surface area contributed by atoms with Crippen molar-refractivity contribution >= 4 is 5.97 Å². The van der Waals surface area contributed by atoms with Crippen molar-refractivity contribution < 1.29 is 18.7 Å². The van der Waals surface area contributed by atoms with Gasteiger partial charge in [0.15, 0.2) is 0 Å². The second kappa shape index (κ2) is 5.75. The lowest BCUT2D eigenvalue weighted by Gasteiger charge is -2.24. The molecular weight excluding hydrogens is 225 g/mol. The van der Waals surface area contributed by atoms with Crippen molar-refractivity contribution in [3.63, 3.8) is 0 Å². The van der Waals surface area contributed by atoms with E-state index < -0.39 is 18.4 Å². The minimum Gasteiger partial charge on any atom is -0.459 e. The van der Waals surface area contributed by atoms with Crippen LogP contribution in [0.3, 0.4) is 0 Å². The minimum atomic E-state index is -1.62. The molecule has 1 saturated heterocycles. The number of esters is 1. The summed E-state index contributed by atoms with van der Waals surface area (Å²) in [5.74, 6) is -0.704. The Morgan fingerprint density at radius 3 is 2.94 bits per heavy atom. The zero-order valence-corrected chi connectivity index (χ0v) is 9.21. The van der Waals surface area contributed by atoms with E-state index in [1.165, 1.54) is 0 Å². The van der Waals surface area contributed by atoms with Gasteiger partial charge in [0, 0.05) is 6.54 Å². The Bertz CT molecular complexity index is 371. The van der Waals surface area contributed by atoms with Crippen molar-refractivity contribution in [2.75, 3.05) is 13.2 Å². The molecule has 17 heavy (non-hydrogen) atoms. The second-order valence-corrected chi connectivity index (χ2v) is 3.66. The third-order valence-electron chi connectivity index (χ3n) is 2.40. The molecule has 0 bridgehead atoms. The Balaban J connectivity index is 1.84. The molecule has 0 N–H and O–H groups in total. The summed E-state index contributed by atoms with van der Waals surface area (Å²) in [6.45, 7) is 0.654. The highest BCUT2D eigenvalue weighted by Gasteiger charge is 2.34. The number of alkyl halides is 1. The van der Waals surface area contributed by atoms with Crippen LogP contribution in [0.15, 0.2) is 30.3 Å². The maximum atomic E-state index is 13.2. The van der Waals surface area contributed by atoms with Gasteiger partial charge in [-0.2, -0.15) is 0 Å². The Morgan fingerprint density at radius 1 is 1.47 bits per heavy atom. The van der Waals surface area contributed by atoms with Crippen LogP contribution in [-0.2, 0) is 20.9 Å². The maximum absolute atomic E-state index is 13.2. The van der Waals surface area contributed by atoms with Gasteiger partial charge in [0.2, 0.25) is 12.4 Å². The molecule has 1 aliphatic rings. The first kappa shape index (κ1) is 12.0. The first-order chi connectivity index (χ1) is 8.27. The Labute approximate surface area is 98.7 Å². The lowest BCUT2D eigenvalue weighted by atomic mass is 10.2. The third kappa shape index (κ3) is 3.25. The summed E-state index contributed by atoms with van der Waals surface area (Å²) in [6, 6.07) is 9.20. The van der Waals surface area contributed by atoms with Gasteiger partial charge in [0.05, 0.1) is 6.61 Å². The molecule has 91 valence electrons. The quantitative estimate of drug-likeness (QED) is 0.583. The van der Waals surface area contributed by atoms with E-state index in [2.05, 4.69) is 5.32 Å². The van der Waals surface area contributed by atoms with E-state index in [-0.39, 0.29) is 19.8 Å². The number of hydrogen-bond acceptors (Lipinski definition) is 3. The molecule has 5 heteroatoms. The van der Waals surface area contributed by atoms with Crippen LogP contribution >= 0.6 is 0 Å². The lowest BCUT2D eigenvalue weighted by Crippen LogP contribution is -2.46. The number of morpholine rings is 1. The number of ether oxygens (including phenoxy) is 2. The molecular formula is C12H13FNO3. The highest BCUT2D eigenvalue weighted by atomic mass is 19.1. The molecule has 1 aromatic carbocycles. The van der Waals surface area contributed by atoms with Gasteiger partial charge in [0.25, 0.3) is 0 Å². The van der Waals surface area contributed by atoms with Gasteiger partial charge in [-0.05, 0) is 5.56 Å². The summed E-state index contributed by atoms with van der Waals surface area (Å²) in [5.41, 5.74) is 0.851. The van der Waals surface area contributed by atoms with Gasteiger partial charge in [0.1, 0.15) is 6.61 Å². The van der Waals surface area contributed by atoms with Crippen molar-refractivity contribution in [2.24, 2.45) is 0 Å². The normalized spacial score (nSPS) is 24.3. The summed E-state index contributed by atoms with van der Waals surface area (Å²) >= 11 is 0. The molecule has 1 aromatic rings. The third-order valence-corrected chi connectivity index (χ3v) is 2.40. The van der Waals surface area contributed by atoms with Crippen molar-refractivity contribution in [2.45, 2.75) is 19.0 Å². The SMILES string of the molecule is O=C(OCc1ccccc1)C1OCC[N]C1F. The predicted octanol–water partition coefficient (Wildman–Crippen LogP) is 1.03. The van der Waals surface area contributed by atoms with Crippen LogP contribution in [0.25, 0.3) is 0 Å². The number of benzene rings is 1. The van der Waals surface area contributed by atoms with Gasteiger partial charge < -0.3 is 9.47 Å². The number of carbonyl (C=O) groups is 1. The first-order valence-corrected chi connectivity index (χ1v) is 5.40. The van der Waals surface area contributed by atoms with Crippen LogP contribution in [0.2, 0.25) is 0 Å². The standard InChI is InChI=1S/C12H13FNO3/c13-11-10(16-7-6-14-11)12(15)17-8-9-4-2-1-3-5-9/h1-5,10-11H,6-8H2. The molecule has 2 unspecified atom stereocenters. The zero-order chi connectivity index (χ0) is 12.1. The molecule has 2 atom stereocenters. The molecule has 1 heterocycles. The molecule has 1 radical (unpaired) electrons. The fourth-order valence-corrected chi connectivity index (χ4v) is 1.52. The summed E-state index contributed by atoms with van der Waals surface area (Å²) in [4.78, 5) is 11.5. The van der Waals surface area contributed by atoms with E-state index in [0.717, 1.165) is 5.56 Å². The molecule has 0 aromatic heterocycles. The zero-order valence-electron chi connectivity index (χ0n) is 9.21. The monoisotopic (exact) mass is 238 g/mol. The number of nitrogens with zero attached hydrogens (tertiary/aromatic N) is 1. The average molecular weight is 238 g/mol. The molecule has 2 rings (SSSR count).